The number of hydrogen-bond acceptors (Lipinski definition) is 9. The van der Waals surface area contributed by atoms with Crippen molar-refractivity contribution in [2.45, 2.75) is 63.9 Å². The van der Waals surface area contributed by atoms with Gasteiger partial charge >= 0.3 is 11.9 Å². The molecule has 0 saturated heterocycles. The van der Waals surface area contributed by atoms with Gasteiger partial charge in [-0.3, -0.25) is 14.4 Å². The second-order valence-electron chi connectivity index (χ2n) is 9.94. The molecule has 2 aliphatic rings. The summed E-state index contributed by atoms with van der Waals surface area (Å²) in [5, 5.41) is 11.5. The van der Waals surface area contributed by atoms with Gasteiger partial charge < -0.3 is 29.8 Å². The van der Waals surface area contributed by atoms with E-state index in [9.17, 15) is 24.3 Å². The number of ketones is 1. The minimum atomic E-state index is -0.709. The number of Topliss-reactive ketones (excluding diaryl/α,β-unsaturated/α-hetero) is 1. The zero-order valence-electron chi connectivity index (χ0n) is 22.6. The lowest BCUT2D eigenvalue weighted by Gasteiger charge is -2.28. The molecule has 0 aromatic heterocycles. The highest BCUT2D eigenvalue weighted by molar-refractivity contribution is 5.98. The van der Waals surface area contributed by atoms with Crippen molar-refractivity contribution < 1.29 is 43.2 Å². The third kappa shape index (κ3) is 6.62. The molecular formula is C30H33NO9. The van der Waals surface area contributed by atoms with Crippen LogP contribution in [0.4, 0.5) is 0 Å². The maximum atomic E-state index is 13.4. The number of methoxy groups -OCH3 is 1. The minimum absolute atomic E-state index is 0.0219. The number of ether oxygens (including phenoxy) is 4. The average molecular weight is 552 g/mol. The summed E-state index contributed by atoms with van der Waals surface area (Å²) >= 11 is 0. The van der Waals surface area contributed by atoms with Gasteiger partial charge in [-0.15, -0.1) is 0 Å². The number of allylic oxidation sites excluding steroid dienone is 1. The lowest BCUT2D eigenvalue weighted by molar-refractivity contribution is -0.135. The van der Waals surface area contributed by atoms with Crippen molar-refractivity contribution in [3.05, 3.63) is 52.6 Å². The Morgan fingerprint density at radius 3 is 2.65 bits per heavy atom. The quantitative estimate of drug-likeness (QED) is 0.412. The number of rotatable bonds is 5. The zero-order valence-corrected chi connectivity index (χ0v) is 22.6. The molecule has 0 radical (unpaired) electrons. The van der Waals surface area contributed by atoms with Gasteiger partial charge in [0.25, 0.3) is 5.91 Å². The molecule has 2 atom stereocenters. The molecule has 10 heteroatoms. The molecule has 0 fully saturated rings. The Morgan fingerprint density at radius 1 is 1.12 bits per heavy atom. The molecule has 0 unspecified atom stereocenters. The van der Waals surface area contributed by atoms with Gasteiger partial charge in [0.05, 0.1) is 19.6 Å². The van der Waals surface area contributed by atoms with E-state index in [2.05, 4.69) is 0 Å². The van der Waals surface area contributed by atoms with Crippen LogP contribution in [0, 0.1) is 0 Å². The Kier molecular flexibility index (Phi) is 9.08. The van der Waals surface area contributed by atoms with Crippen LogP contribution in [0.15, 0.2) is 30.3 Å². The van der Waals surface area contributed by atoms with Gasteiger partial charge in [-0.25, -0.2) is 4.79 Å². The fourth-order valence-corrected chi connectivity index (χ4v) is 4.97. The summed E-state index contributed by atoms with van der Waals surface area (Å²) in [4.78, 5) is 49.3. The van der Waals surface area contributed by atoms with Crippen molar-refractivity contribution in [2.75, 3.05) is 13.7 Å². The van der Waals surface area contributed by atoms with Crippen LogP contribution in [0.2, 0.25) is 0 Å². The van der Waals surface area contributed by atoms with Crippen LogP contribution in [0.3, 0.4) is 0 Å². The predicted molar refractivity (Wildman–Crippen MR) is 145 cm³/mol. The van der Waals surface area contributed by atoms with E-state index >= 15 is 0 Å². The first kappa shape index (κ1) is 28.7. The summed E-state index contributed by atoms with van der Waals surface area (Å²) in [6, 6.07) is 6.45. The Bertz CT molecular complexity index is 1350. The molecule has 2 aromatic carbocycles. The van der Waals surface area contributed by atoms with E-state index in [0.29, 0.717) is 55.4 Å². The summed E-state index contributed by atoms with van der Waals surface area (Å²) in [6.07, 6.45) is 6.20. The summed E-state index contributed by atoms with van der Waals surface area (Å²) in [7, 11) is 1.43. The molecule has 0 saturated carbocycles. The number of primary amides is 1. The van der Waals surface area contributed by atoms with E-state index in [0.717, 1.165) is 0 Å². The largest absolute Gasteiger partial charge is 0.507 e. The highest BCUT2D eigenvalue weighted by atomic mass is 16.5. The number of fused-ring (bicyclic) bond motifs is 2. The number of amides is 1. The molecule has 4 rings (SSSR count). The summed E-state index contributed by atoms with van der Waals surface area (Å²) in [6.45, 7) is 1.41. The first-order valence-corrected chi connectivity index (χ1v) is 13.3. The molecule has 212 valence electrons. The van der Waals surface area contributed by atoms with Gasteiger partial charge in [-0.1, -0.05) is 18.2 Å². The topological polar surface area (TPSA) is 151 Å². The maximum Gasteiger partial charge on any atom is 0.342 e. The monoisotopic (exact) mass is 551 g/mol. The van der Waals surface area contributed by atoms with Gasteiger partial charge in [0, 0.05) is 24.3 Å². The van der Waals surface area contributed by atoms with Gasteiger partial charge in [0.1, 0.15) is 22.8 Å². The molecule has 40 heavy (non-hydrogen) atoms. The molecule has 3 N–H and O–H groups in total. The molecule has 0 spiro atoms. The normalized spacial score (nSPS) is 19.9. The second-order valence-corrected chi connectivity index (χ2v) is 9.94. The van der Waals surface area contributed by atoms with Crippen LogP contribution in [0.1, 0.15) is 84.8 Å². The summed E-state index contributed by atoms with van der Waals surface area (Å²) in [5.41, 5.74) is 6.37. The van der Waals surface area contributed by atoms with Crippen LogP contribution < -0.4 is 19.9 Å². The second kappa shape index (κ2) is 12.7. The Hall–Kier alpha value is -4.34. The lowest BCUT2D eigenvalue weighted by Crippen LogP contribution is -2.23. The molecule has 0 bridgehead atoms. The number of cyclic esters (lactones) is 1. The van der Waals surface area contributed by atoms with Gasteiger partial charge in [-0.05, 0) is 61.9 Å². The number of esters is 2. The molecule has 1 amide bonds. The van der Waals surface area contributed by atoms with Crippen LogP contribution in [0.25, 0.3) is 6.08 Å². The maximum absolute atomic E-state index is 13.4. The number of aromatic hydroxyl groups is 1. The molecule has 2 aliphatic heterocycles. The fourth-order valence-electron chi connectivity index (χ4n) is 4.97. The number of hydrogen-bond donors (Lipinski definition) is 2. The first-order chi connectivity index (χ1) is 19.2. The van der Waals surface area contributed by atoms with E-state index in [4.69, 9.17) is 24.7 Å². The summed E-state index contributed by atoms with van der Waals surface area (Å²) < 4.78 is 22.0. The van der Waals surface area contributed by atoms with E-state index < -0.39 is 29.9 Å². The van der Waals surface area contributed by atoms with Crippen LogP contribution >= 0.6 is 0 Å². The average Bonchev–Trinajstić information content (AvgIpc) is 2.90. The predicted octanol–water partition coefficient (Wildman–Crippen LogP) is 4.19. The number of phenols is 1. The van der Waals surface area contributed by atoms with E-state index in [-0.39, 0.29) is 47.2 Å². The molecule has 2 heterocycles. The van der Waals surface area contributed by atoms with Crippen LogP contribution in [-0.4, -0.2) is 48.6 Å². The summed E-state index contributed by atoms with van der Waals surface area (Å²) in [5.74, 6) is -1.98. The van der Waals surface area contributed by atoms with E-state index in [1.807, 2.05) is 6.08 Å². The Labute approximate surface area is 232 Å². The van der Waals surface area contributed by atoms with Gasteiger partial charge in [-0.2, -0.15) is 0 Å². The number of carbonyl (C=O) groups is 4. The van der Waals surface area contributed by atoms with Crippen molar-refractivity contribution >= 4 is 29.7 Å². The van der Waals surface area contributed by atoms with Crippen LogP contribution in [0.5, 0.6) is 23.0 Å². The van der Waals surface area contributed by atoms with Gasteiger partial charge in [0.15, 0.2) is 18.1 Å². The molecular weight excluding hydrogens is 518 g/mol. The van der Waals surface area contributed by atoms with Crippen molar-refractivity contribution in [1.29, 1.82) is 0 Å². The minimum Gasteiger partial charge on any atom is -0.507 e. The van der Waals surface area contributed by atoms with Crippen molar-refractivity contribution in [1.82, 2.24) is 0 Å². The third-order valence-corrected chi connectivity index (χ3v) is 6.94. The molecule has 10 nitrogen and oxygen atoms in total. The number of nitrogens with two attached hydrogens (primary N) is 1. The van der Waals surface area contributed by atoms with Crippen molar-refractivity contribution in [3.8, 4) is 23.0 Å². The van der Waals surface area contributed by atoms with E-state index in [1.54, 1.807) is 37.3 Å². The fraction of sp³-hybridized carbons (Fsp3) is 0.400. The zero-order chi connectivity index (χ0) is 28.8. The smallest absolute Gasteiger partial charge is 0.342 e. The number of benzene rings is 2. The highest BCUT2D eigenvalue weighted by Crippen LogP contribution is 2.48. The number of phenolic OH excluding ortho intramolecular Hbond substituents is 1. The lowest BCUT2D eigenvalue weighted by atomic mass is 9.83. The van der Waals surface area contributed by atoms with Gasteiger partial charge in [0.2, 0.25) is 0 Å². The molecule has 2 aromatic rings. The SMILES string of the molecule is COc1cc([C@@H]2CC(=O)Oc3cc4c(c(O)c32)C(=O)O[C@H](C)CCCC(=O)CCCC=C4)ccc1OCC(N)=O. The van der Waals surface area contributed by atoms with Crippen molar-refractivity contribution in [3.63, 3.8) is 0 Å². The first-order valence-electron chi connectivity index (χ1n) is 13.3. The van der Waals surface area contributed by atoms with E-state index in [1.165, 1.54) is 7.11 Å². The number of carbonyl (C=O) groups excluding carboxylic acids is 4. The standard InChI is InChI=1S/C30H33NO9/c1-17-7-6-10-20(32)9-5-3-4-8-19-14-24-28(29(35)27(19)30(36)39-17)21(15-26(34)40-24)18-11-12-22(23(13-18)37-2)38-16-25(31)33/h4,8,11-14,17,21,35H,3,5-7,9-10,15-16H2,1-2H3,(H2,31,33)/t17-,21+/m1/s1. The Balaban J connectivity index is 1.78. The Morgan fingerprint density at radius 2 is 1.90 bits per heavy atom. The van der Waals surface area contributed by atoms with Crippen LogP contribution in [-0.2, 0) is 19.1 Å². The molecule has 0 aliphatic carbocycles. The third-order valence-electron chi connectivity index (χ3n) is 6.94. The highest BCUT2D eigenvalue weighted by Gasteiger charge is 2.36. The van der Waals surface area contributed by atoms with Crippen molar-refractivity contribution in [2.24, 2.45) is 5.73 Å².